The highest BCUT2D eigenvalue weighted by Gasteiger charge is 2.17. The average Bonchev–Trinajstić information content (AvgIpc) is 3.14. The Hall–Kier alpha value is -2.42. The van der Waals surface area contributed by atoms with E-state index >= 15 is 0 Å². The Bertz CT molecular complexity index is 966. The number of hydrogen-bond acceptors (Lipinski definition) is 7. The van der Waals surface area contributed by atoms with Gasteiger partial charge in [0.25, 0.3) is 5.91 Å². The van der Waals surface area contributed by atoms with Crippen LogP contribution >= 0.6 is 34.7 Å². The number of amides is 1. The molecule has 1 N–H and O–H groups in total. The van der Waals surface area contributed by atoms with Crippen LogP contribution in [-0.2, 0) is 4.79 Å². The molecule has 0 saturated heterocycles. The van der Waals surface area contributed by atoms with Crippen LogP contribution in [0.3, 0.4) is 0 Å². The van der Waals surface area contributed by atoms with Crippen LogP contribution in [0.4, 0.5) is 5.13 Å². The lowest BCUT2D eigenvalue weighted by Crippen LogP contribution is -2.30. The second-order valence-electron chi connectivity index (χ2n) is 5.66. The molecule has 1 aromatic heterocycles. The van der Waals surface area contributed by atoms with Crippen molar-refractivity contribution in [2.75, 3.05) is 11.1 Å². The van der Waals surface area contributed by atoms with E-state index < -0.39 is 6.10 Å². The van der Waals surface area contributed by atoms with Gasteiger partial charge in [-0.05, 0) is 25.1 Å². The number of hydrogen-bond donors (Lipinski definition) is 1. The number of benzene rings is 2. The molecule has 3 rings (SSSR count). The Kier molecular flexibility index (Phi) is 7.02. The highest BCUT2D eigenvalue weighted by Crippen LogP contribution is 2.26. The summed E-state index contributed by atoms with van der Waals surface area (Å²) in [5.74, 6) is 0.409. The van der Waals surface area contributed by atoms with Crippen LogP contribution < -0.4 is 10.1 Å². The SMILES string of the molecule is CC(Oc1cccc(Cl)c1)C(=O)Nc1nnc(SCC(=O)c2ccccc2)s1. The first-order chi connectivity index (χ1) is 13.5. The van der Waals surface area contributed by atoms with Crippen LogP contribution in [-0.4, -0.2) is 33.7 Å². The van der Waals surface area contributed by atoms with Gasteiger partial charge in [0.15, 0.2) is 16.2 Å². The maximum Gasteiger partial charge on any atom is 0.266 e. The third-order valence-electron chi connectivity index (χ3n) is 3.54. The van der Waals surface area contributed by atoms with Crippen LogP contribution in [0.25, 0.3) is 0 Å². The first kappa shape index (κ1) is 20.3. The maximum absolute atomic E-state index is 12.3. The number of Topliss-reactive ketones (excluding diaryl/α,β-unsaturated/α-hetero) is 1. The van der Waals surface area contributed by atoms with Gasteiger partial charge in [-0.1, -0.05) is 71.1 Å². The van der Waals surface area contributed by atoms with Gasteiger partial charge in [0, 0.05) is 10.6 Å². The van der Waals surface area contributed by atoms with Crippen LogP contribution in [0.5, 0.6) is 5.75 Å². The fourth-order valence-electron chi connectivity index (χ4n) is 2.16. The Morgan fingerprint density at radius 2 is 1.96 bits per heavy atom. The van der Waals surface area contributed by atoms with E-state index in [1.165, 1.54) is 23.1 Å². The monoisotopic (exact) mass is 433 g/mol. The van der Waals surface area contributed by atoms with E-state index in [-0.39, 0.29) is 17.4 Å². The zero-order chi connectivity index (χ0) is 19.9. The smallest absolute Gasteiger partial charge is 0.266 e. The minimum Gasteiger partial charge on any atom is -0.481 e. The van der Waals surface area contributed by atoms with E-state index in [0.29, 0.717) is 25.8 Å². The zero-order valence-corrected chi connectivity index (χ0v) is 17.2. The van der Waals surface area contributed by atoms with Crippen molar-refractivity contribution in [1.82, 2.24) is 10.2 Å². The summed E-state index contributed by atoms with van der Waals surface area (Å²) < 4.78 is 6.17. The Balaban J connectivity index is 1.51. The number of aromatic nitrogens is 2. The van der Waals surface area contributed by atoms with Crippen molar-refractivity contribution in [3.63, 3.8) is 0 Å². The molecule has 0 spiro atoms. The molecule has 0 fully saturated rings. The van der Waals surface area contributed by atoms with Crippen molar-refractivity contribution in [1.29, 1.82) is 0 Å². The molecule has 1 amide bonds. The molecular formula is C19H16ClN3O3S2. The van der Waals surface area contributed by atoms with Crippen molar-refractivity contribution in [3.05, 3.63) is 65.2 Å². The second kappa shape index (κ2) is 9.68. The number of halogens is 1. The number of carbonyl (C=O) groups is 2. The summed E-state index contributed by atoms with van der Waals surface area (Å²) >= 11 is 8.39. The van der Waals surface area contributed by atoms with Crippen LogP contribution in [0.15, 0.2) is 58.9 Å². The third-order valence-corrected chi connectivity index (χ3v) is 5.74. The average molecular weight is 434 g/mol. The lowest BCUT2D eigenvalue weighted by molar-refractivity contribution is -0.122. The van der Waals surface area contributed by atoms with Crippen LogP contribution in [0.1, 0.15) is 17.3 Å². The number of thioether (sulfide) groups is 1. The summed E-state index contributed by atoms with van der Waals surface area (Å²) in [6.07, 6.45) is -0.738. The molecule has 144 valence electrons. The molecule has 2 aromatic carbocycles. The van der Waals surface area contributed by atoms with Crippen molar-refractivity contribution in [3.8, 4) is 5.75 Å². The van der Waals surface area contributed by atoms with E-state index in [2.05, 4.69) is 15.5 Å². The molecule has 6 nitrogen and oxygen atoms in total. The molecule has 0 aliphatic carbocycles. The first-order valence-corrected chi connectivity index (χ1v) is 10.5. The quantitative estimate of drug-likeness (QED) is 0.318. The molecule has 0 aliphatic rings. The van der Waals surface area contributed by atoms with Gasteiger partial charge in [-0.2, -0.15) is 0 Å². The number of carbonyl (C=O) groups excluding carboxylic acids is 2. The van der Waals surface area contributed by atoms with Crippen LogP contribution in [0, 0.1) is 0 Å². The molecule has 9 heteroatoms. The molecule has 0 bridgehead atoms. The molecule has 1 heterocycles. The zero-order valence-electron chi connectivity index (χ0n) is 14.8. The second-order valence-corrected chi connectivity index (χ2v) is 8.29. The van der Waals surface area contributed by atoms with Gasteiger partial charge in [-0.3, -0.25) is 14.9 Å². The summed E-state index contributed by atoms with van der Waals surface area (Å²) in [7, 11) is 0. The van der Waals surface area contributed by atoms with Crippen molar-refractivity contribution in [2.45, 2.75) is 17.4 Å². The Labute approximate surface area is 175 Å². The molecule has 0 radical (unpaired) electrons. The van der Waals surface area contributed by atoms with Crippen molar-refractivity contribution in [2.24, 2.45) is 0 Å². The summed E-state index contributed by atoms with van der Waals surface area (Å²) in [5.41, 5.74) is 0.653. The molecule has 0 saturated carbocycles. The van der Waals surface area contributed by atoms with Crippen molar-refractivity contribution >= 4 is 51.5 Å². The minimum atomic E-state index is -0.738. The van der Waals surface area contributed by atoms with Gasteiger partial charge in [-0.15, -0.1) is 10.2 Å². The predicted octanol–water partition coefficient (Wildman–Crippen LogP) is 4.57. The number of ketones is 1. The molecule has 1 atom stereocenters. The number of anilines is 1. The fraction of sp³-hybridized carbons (Fsp3) is 0.158. The van der Waals surface area contributed by atoms with Gasteiger partial charge in [0.1, 0.15) is 5.75 Å². The van der Waals surface area contributed by atoms with Crippen LogP contribution in [0.2, 0.25) is 5.02 Å². The van der Waals surface area contributed by atoms with E-state index in [1.54, 1.807) is 43.3 Å². The summed E-state index contributed by atoms with van der Waals surface area (Å²) in [5, 5.41) is 11.5. The van der Waals surface area contributed by atoms with Gasteiger partial charge in [-0.25, -0.2) is 0 Å². The van der Waals surface area contributed by atoms with Gasteiger partial charge < -0.3 is 4.74 Å². The van der Waals surface area contributed by atoms with E-state index in [9.17, 15) is 9.59 Å². The Morgan fingerprint density at radius 1 is 1.18 bits per heavy atom. The number of ether oxygens (including phenoxy) is 1. The molecule has 0 aliphatic heterocycles. The van der Waals surface area contributed by atoms with E-state index in [0.717, 1.165) is 0 Å². The summed E-state index contributed by atoms with van der Waals surface area (Å²) in [6.45, 7) is 1.63. The largest absolute Gasteiger partial charge is 0.481 e. The fourth-order valence-corrected chi connectivity index (χ4v) is 3.99. The van der Waals surface area contributed by atoms with Gasteiger partial charge >= 0.3 is 0 Å². The van der Waals surface area contributed by atoms with Gasteiger partial charge in [0.2, 0.25) is 5.13 Å². The highest BCUT2D eigenvalue weighted by molar-refractivity contribution is 8.01. The lowest BCUT2D eigenvalue weighted by atomic mass is 10.2. The molecular weight excluding hydrogens is 418 g/mol. The maximum atomic E-state index is 12.3. The van der Waals surface area contributed by atoms with E-state index in [1.807, 2.05) is 18.2 Å². The highest BCUT2D eigenvalue weighted by atomic mass is 35.5. The summed E-state index contributed by atoms with van der Waals surface area (Å²) in [4.78, 5) is 24.4. The predicted molar refractivity (Wildman–Crippen MR) is 112 cm³/mol. The number of nitrogens with zero attached hydrogens (tertiary/aromatic N) is 2. The third kappa shape index (κ3) is 5.79. The normalized spacial score (nSPS) is 11.6. The number of rotatable bonds is 8. The molecule has 3 aromatic rings. The van der Waals surface area contributed by atoms with Crippen molar-refractivity contribution < 1.29 is 14.3 Å². The summed E-state index contributed by atoms with van der Waals surface area (Å²) in [6, 6.07) is 15.9. The lowest BCUT2D eigenvalue weighted by Gasteiger charge is -2.13. The van der Waals surface area contributed by atoms with Gasteiger partial charge in [0.05, 0.1) is 5.75 Å². The number of nitrogens with one attached hydrogen (secondary N) is 1. The standard InChI is InChI=1S/C19H16ClN3O3S2/c1-12(26-15-9-5-8-14(20)10-15)17(25)21-18-22-23-19(28-18)27-11-16(24)13-6-3-2-4-7-13/h2-10,12H,11H2,1H3,(H,21,22,25). The molecule has 28 heavy (non-hydrogen) atoms. The first-order valence-electron chi connectivity index (χ1n) is 8.29. The minimum absolute atomic E-state index is 0.00919. The van der Waals surface area contributed by atoms with E-state index in [4.69, 9.17) is 16.3 Å². The molecule has 1 unspecified atom stereocenters. The topological polar surface area (TPSA) is 81.2 Å². The Morgan fingerprint density at radius 3 is 2.71 bits per heavy atom.